The van der Waals surface area contributed by atoms with Gasteiger partial charge in [-0.05, 0) is 34.4 Å². The quantitative estimate of drug-likeness (QED) is 0.841. The average molecular weight is 228 g/mol. The average Bonchev–Trinajstić information content (AvgIpc) is 2.27. The van der Waals surface area contributed by atoms with E-state index < -0.39 is 0 Å². The Labute approximate surface area is 103 Å². The third-order valence-electron chi connectivity index (χ3n) is 3.27. The van der Waals surface area contributed by atoms with E-state index in [1.165, 1.54) is 16.5 Å². The van der Waals surface area contributed by atoms with Crippen molar-refractivity contribution in [3.05, 3.63) is 35.5 Å². The van der Waals surface area contributed by atoms with Crippen LogP contribution in [0.5, 0.6) is 0 Å². The van der Waals surface area contributed by atoms with Gasteiger partial charge in [-0.15, -0.1) is 0 Å². The van der Waals surface area contributed by atoms with E-state index in [1.807, 2.05) is 0 Å². The van der Waals surface area contributed by atoms with E-state index in [1.54, 1.807) is 6.20 Å². The van der Waals surface area contributed by atoms with Crippen molar-refractivity contribution in [2.24, 2.45) is 0 Å². The van der Waals surface area contributed by atoms with Crippen LogP contribution in [0.1, 0.15) is 50.7 Å². The van der Waals surface area contributed by atoms with E-state index in [4.69, 9.17) is 5.73 Å². The molecular formula is C15H20N2. The molecule has 2 rings (SSSR count). The number of aromatic nitrogens is 1. The lowest BCUT2D eigenvalue weighted by Crippen LogP contribution is -2.00. The summed E-state index contributed by atoms with van der Waals surface area (Å²) in [5.74, 6) is 1.61. The molecule has 0 bridgehead atoms. The number of nitrogen functional groups attached to an aromatic ring is 1. The van der Waals surface area contributed by atoms with Crippen LogP contribution in [-0.2, 0) is 0 Å². The van der Waals surface area contributed by atoms with Crippen LogP contribution in [0, 0.1) is 0 Å². The smallest absolute Gasteiger partial charge is 0.131 e. The number of fused-ring (bicyclic) bond motifs is 1. The second kappa shape index (κ2) is 4.36. The summed E-state index contributed by atoms with van der Waals surface area (Å²) in [6.45, 7) is 8.80. The number of hydrogen-bond acceptors (Lipinski definition) is 2. The van der Waals surface area contributed by atoms with Crippen molar-refractivity contribution in [1.29, 1.82) is 0 Å². The number of benzene rings is 1. The number of nitrogens with zero attached hydrogens (tertiary/aromatic N) is 1. The van der Waals surface area contributed by atoms with Gasteiger partial charge in [-0.2, -0.15) is 0 Å². The maximum absolute atomic E-state index is 6.05. The SMILES string of the molecule is CC(C)c1ccc(C(C)C)c2c(N)nccc12. The molecule has 0 atom stereocenters. The van der Waals surface area contributed by atoms with Gasteiger partial charge in [0.25, 0.3) is 0 Å². The minimum Gasteiger partial charge on any atom is -0.383 e. The molecule has 0 aliphatic rings. The fourth-order valence-corrected chi connectivity index (χ4v) is 2.36. The number of anilines is 1. The van der Waals surface area contributed by atoms with Gasteiger partial charge in [0.1, 0.15) is 5.82 Å². The molecular weight excluding hydrogens is 208 g/mol. The van der Waals surface area contributed by atoms with Crippen LogP contribution in [0.4, 0.5) is 5.82 Å². The number of nitrogens with two attached hydrogens (primary N) is 1. The van der Waals surface area contributed by atoms with Gasteiger partial charge in [0.2, 0.25) is 0 Å². The van der Waals surface area contributed by atoms with Crippen LogP contribution in [0.15, 0.2) is 24.4 Å². The molecule has 1 aromatic carbocycles. The third-order valence-corrected chi connectivity index (χ3v) is 3.27. The zero-order valence-corrected chi connectivity index (χ0v) is 11.0. The first kappa shape index (κ1) is 11.9. The summed E-state index contributed by atoms with van der Waals surface area (Å²) in [6, 6.07) is 6.50. The van der Waals surface area contributed by atoms with Gasteiger partial charge in [-0.1, -0.05) is 39.8 Å². The summed E-state index contributed by atoms with van der Waals surface area (Å²) in [5.41, 5.74) is 8.69. The third kappa shape index (κ3) is 1.99. The Balaban J connectivity index is 2.86. The largest absolute Gasteiger partial charge is 0.383 e. The minimum atomic E-state index is 0.463. The summed E-state index contributed by atoms with van der Waals surface area (Å²) in [6.07, 6.45) is 1.80. The van der Waals surface area contributed by atoms with Crippen LogP contribution < -0.4 is 5.73 Å². The monoisotopic (exact) mass is 228 g/mol. The molecule has 0 amide bonds. The fraction of sp³-hybridized carbons (Fsp3) is 0.400. The molecule has 2 heteroatoms. The number of rotatable bonds is 2. The van der Waals surface area contributed by atoms with Crippen LogP contribution in [0.2, 0.25) is 0 Å². The predicted octanol–water partition coefficient (Wildman–Crippen LogP) is 4.06. The molecule has 0 unspecified atom stereocenters. The van der Waals surface area contributed by atoms with E-state index in [-0.39, 0.29) is 0 Å². The first-order valence-electron chi connectivity index (χ1n) is 6.19. The zero-order valence-electron chi connectivity index (χ0n) is 11.0. The lowest BCUT2D eigenvalue weighted by Gasteiger charge is -2.16. The van der Waals surface area contributed by atoms with Gasteiger partial charge in [0.05, 0.1) is 0 Å². The maximum atomic E-state index is 6.05. The molecule has 0 saturated heterocycles. The van der Waals surface area contributed by atoms with Crippen molar-refractivity contribution < 1.29 is 0 Å². The molecule has 2 N–H and O–H groups in total. The Hall–Kier alpha value is -1.57. The van der Waals surface area contributed by atoms with Crippen molar-refractivity contribution in [2.45, 2.75) is 39.5 Å². The Morgan fingerprint density at radius 1 is 0.941 bits per heavy atom. The van der Waals surface area contributed by atoms with Gasteiger partial charge in [0.15, 0.2) is 0 Å². The van der Waals surface area contributed by atoms with Crippen molar-refractivity contribution in [1.82, 2.24) is 4.98 Å². The van der Waals surface area contributed by atoms with E-state index in [2.05, 4.69) is 50.9 Å². The molecule has 17 heavy (non-hydrogen) atoms. The topological polar surface area (TPSA) is 38.9 Å². The summed E-state index contributed by atoms with van der Waals surface area (Å²) in [7, 11) is 0. The van der Waals surface area contributed by atoms with Crippen LogP contribution in [0.3, 0.4) is 0 Å². The van der Waals surface area contributed by atoms with Crippen molar-refractivity contribution in [3.63, 3.8) is 0 Å². The standard InChI is InChI=1S/C15H20N2/c1-9(2)11-5-6-12(10(3)4)14-13(11)7-8-17-15(14)16/h5-10H,1-4H3,(H2,16,17). The molecule has 0 fully saturated rings. The molecule has 0 saturated carbocycles. The van der Waals surface area contributed by atoms with Crippen LogP contribution in [-0.4, -0.2) is 4.98 Å². The second-order valence-corrected chi connectivity index (χ2v) is 5.17. The van der Waals surface area contributed by atoms with Gasteiger partial charge < -0.3 is 5.73 Å². The van der Waals surface area contributed by atoms with Gasteiger partial charge in [-0.25, -0.2) is 4.98 Å². The molecule has 2 aromatic rings. The fourth-order valence-electron chi connectivity index (χ4n) is 2.36. The highest BCUT2D eigenvalue weighted by molar-refractivity contribution is 5.96. The summed E-state index contributed by atoms with van der Waals surface area (Å²) in [4.78, 5) is 4.23. The Morgan fingerprint density at radius 2 is 1.53 bits per heavy atom. The lowest BCUT2D eigenvalue weighted by atomic mass is 9.90. The molecule has 0 radical (unpaired) electrons. The van der Waals surface area contributed by atoms with Crippen molar-refractivity contribution in [3.8, 4) is 0 Å². The van der Waals surface area contributed by atoms with Crippen LogP contribution in [0.25, 0.3) is 10.8 Å². The molecule has 0 aliphatic heterocycles. The summed E-state index contributed by atoms with van der Waals surface area (Å²) >= 11 is 0. The molecule has 2 nitrogen and oxygen atoms in total. The van der Waals surface area contributed by atoms with E-state index in [0.717, 1.165) is 5.39 Å². The first-order chi connectivity index (χ1) is 8.02. The first-order valence-corrected chi connectivity index (χ1v) is 6.19. The van der Waals surface area contributed by atoms with Crippen molar-refractivity contribution in [2.75, 3.05) is 5.73 Å². The number of hydrogen-bond donors (Lipinski definition) is 1. The summed E-state index contributed by atoms with van der Waals surface area (Å²) < 4.78 is 0. The van der Waals surface area contributed by atoms with Gasteiger partial charge in [0, 0.05) is 11.6 Å². The zero-order chi connectivity index (χ0) is 12.6. The normalized spacial score (nSPS) is 11.6. The highest BCUT2D eigenvalue weighted by Gasteiger charge is 2.13. The van der Waals surface area contributed by atoms with E-state index in [0.29, 0.717) is 17.7 Å². The molecule has 0 aliphatic carbocycles. The van der Waals surface area contributed by atoms with E-state index in [9.17, 15) is 0 Å². The predicted molar refractivity (Wildman–Crippen MR) is 74.3 cm³/mol. The highest BCUT2D eigenvalue weighted by Crippen LogP contribution is 2.33. The lowest BCUT2D eigenvalue weighted by molar-refractivity contribution is 0.859. The Bertz CT molecular complexity index is 542. The van der Waals surface area contributed by atoms with Gasteiger partial charge >= 0.3 is 0 Å². The summed E-state index contributed by atoms with van der Waals surface area (Å²) in [5, 5.41) is 2.38. The molecule has 1 heterocycles. The maximum Gasteiger partial charge on any atom is 0.131 e. The Morgan fingerprint density at radius 3 is 2.12 bits per heavy atom. The minimum absolute atomic E-state index is 0.463. The Kier molecular flexibility index (Phi) is 3.05. The van der Waals surface area contributed by atoms with Crippen LogP contribution >= 0.6 is 0 Å². The molecule has 1 aromatic heterocycles. The number of pyridine rings is 1. The second-order valence-electron chi connectivity index (χ2n) is 5.17. The van der Waals surface area contributed by atoms with E-state index >= 15 is 0 Å². The van der Waals surface area contributed by atoms with Crippen molar-refractivity contribution >= 4 is 16.6 Å². The van der Waals surface area contributed by atoms with Gasteiger partial charge in [-0.3, -0.25) is 0 Å². The molecule has 90 valence electrons. The highest BCUT2D eigenvalue weighted by atomic mass is 14.8. The molecule has 0 spiro atoms.